The highest BCUT2D eigenvalue weighted by atomic mass is 35.5. The van der Waals surface area contributed by atoms with Crippen LogP contribution >= 0.6 is 11.6 Å². The Labute approximate surface area is 197 Å². The fraction of sp³-hybridized carbons (Fsp3) is 0.481. The predicted octanol–water partition coefficient (Wildman–Crippen LogP) is 7.24. The molecule has 0 aromatic heterocycles. The number of carbonyl (C=O) groups excluding carboxylic acids is 2. The lowest BCUT2D eigenvalue weighted by Gasteiger charge is -2.31. The summed E-state index contributed by atoms with van der Waals surface area (Å²) in [6, 6.07) is 12.9. The summed E-state index contributed by atoms with van der Waals surface area (Å²) in [5.74, 6) is 0.476. The average Bonchev–Trinajstić information content (AvgIpc) is 2.77. The minimum Gasteiger partial charge on any atom is -0.480 e. The molecule has 0 aliphatic heterocycles. The second-order valence-corrected chi connectivity index (χ2v) is 9.89. The smallest absolute Gasteiger partial charge is 0.265 e. The van der Waals surface area contributed by atoms with E-state index in [0.29, 0.717) is 17.7 Å². The number of carbonyl (C=O) groups is 2. The highest BCUT2D eigenvalue weighted by Gasteiger charge is 2.28. The summed E-state index contributed by atoms with van der Waals surface area (Å²) in [5, 5.41) is 2.29. The van der Waals surface area contributed by atoms with Gasteiger partial charge in [-0.1, -0.05) is 66.7 Å². The maximum absolute atomic E-state index is 13.0. The van der Waals surface area contributed by atoms with Crippen LogP contribution in [0.15, 0.2) is 42.5 Å². The van der Waals surface area contributed by atoms with E-state index in [1.807, 2.05) is 13.0 Å². The van der Waals surface area contributed by atoms with Crippen molar-refractivity contribution < 1.29 is 14.3 Å². The molecule has 0 saturated carbocycles. The molecule has 5 heteroatoms. The van der Waals surface area contributed by atoms with Crippen molar-refractivity contribution >= 4 is 28.4 Å². The van der Waals surface area contributed by atoms with Gasteiger partial charge in [-0.25, -0.2) is 0 Å². The van der Waals surface area contributed by atoms with Crippen LogP contribution in [0.2, 0.25) is 0 Å². The van der Waals surface area contributed by atoms with Gasteiger partial charge in [0.2, 0.25) is 0 Å². The second-order valence-electron chi connectivity index (χ2n) is 9.54. The first-order valence-electron chi connectivity index (χ1n) is 11.4. The van der Waals surface area contributed by atoms with Crippen LogP contribution in [0.3, 0.4) is 0 Å². The van der Waals surface area contributed by atoms with Crippen LogP contribution in [0, 0.1) is 0 Å². The third kappa shape index (κ3) is 6.13. The molecule has 0 heterocycles. The number of hydrogen-bond donors (Lipinski definition) is 1. The lowest BCUT2D eigenvalue weighted by atomic mass is 9.76. The molecule has 2 aromatic carbocycles. The molecule has 0 aliphatic rings. The van der Waals surface area contributed by atoms with Crippen LogP contribution in [0.5, 0.6) is 5.75 Å². The Balaban J connectivity index is 2.34. The van der Waals surface area contributed by atoms with Gasteiger partial charge in [0.15, 0.2) is 6.10 Å². The van der Waals surface area contributed by atoms with Crippen LogP contribution < -0.4 is 10.1 Å². The van der Waals surface area contributed by atoms with Gasteiger partial charge in [-0.2, -0.15) is 0 Å². The van der Waals surface area contributed by atoms with Gasteiger partial charge in [0, 0.05) is 16.8 Å². The van der Waals surface area contributed by atoms with Crippen LogP contribution in [-0.2, 0) is 15.6 Å². The molecule has 2 aromatic rings. The van der Waals surface area contributed by atoms with E-state index in [4.69, 9.17) is 16.3 Å². The monoisotopic (exact) mass is 457 g/mol. The van der Waals surface area contributed by atoms with E-state index in [0.717, 1.165) is 24.2 Å². The first-order valence-corrected chi connectivity index (χ1v) is 11.7. The molecule has 0 fully saturated rings. The zero-order valence-electron chi connectivity index (χ0n) is 20.3. The van der Waals surface area contributed by atoms with Crippen LogP contribution in [-0.4, -0.2) is 17.3 Å². The number of rotatable bonds is 10. The van der Waals surface area contributed by atoms with Crippen molar-refractivity contribution in [3.05, 3.63) is 59.2 Å². The maximum atomic E-state index is 13.0. The van der Waals surface area contributed by atoms with E-state index in [9.17, 15) is 9.59 Å². The third-order valence-corrected chi connectivity index (χ3v) is 6.77. The summed E-state index contributed by atoms with van der Waals surface area (Å²) in [5.41, 5.74) is 3.18. The molecule has 0 radical (unpaired) electrons. The average molecular weight is 458 g/mol. The van der Waals surface area contributed by atoms with E-state index in [1.54, 1.807) is 24.3 Å². The SMILES string of the molecule is CCC(Oc1ccc(C(C)(C)CC)cc1C(C)(C)CC)C(=O)Nc1cccc(C(=O)Cl)c1. The molecule has 174 valence electrons. The molecule has 2 rings (SSSR count). The summed E-state index contributed by atoms with van der Waals surface area (Å²) >= 11 is 5.56. The molecule has 0 aliphatic carbocycles. The number of anilines is 1. The Kier molecular flexibility index (Phi) is 8.53. The van der Waals surface area contributed by atoms with Crippen LogP contribution in [0.1, 0.15) is 89.2 Å². The Morgan fingerprint density at radius 2 is 1.62 bits per heavy atom. The van der Waals surface area contributed by atoms with E-state index in [2.05, 4.69) is 59.0 Å². The normalized spacial score (nSPS) is 12.9. The molecule has 0 bridgehead atoms. The number of halogens is 1. The summed E-state index contributed by atoms with van der Waals surface area (Å²) in [6.45, 7) is 15.2. The summed E-state index contributed by atoms with van der Waals surface area (Å²) in [6.07, 6.45) is 1.82. The largest absolute Gasteiger partial charge is 0.480 e. The lowest BCUT2D eigenvalue weighted by Crippen LogP contribution is -2.33. The van der Waals surface area contributed by atoms with Gasteiger partial charge in [-0.05, 0) is 71.5 Å². The maximum Gasteiger partial charge on any atom is 0.265 e. The van der Waals surface area contributed by atoms with Gasteiger partial charge in [-0.15, -0.1) is 0 Å². The van der Waals surface area contributed by atoms with Crippen molar-refractivity contribution in [2.75, 3.05) is 5.32 Å². The summed E-state index contributed by atoms with van der Waals surface area (Å²) < 4.78 is 6.29. The van der Waals surface area contributed by atoms with Gasteiger partial charge >= 0.3 is 0 Å². The number of amides is 1. The van der Waals surface area contributed by atoms with Gasteiger partial charge < -0.3 is 10.1 Å². The molecule has 0 saturated heterocycles. The molecule has 1 atom stereocenters. The number of benzene rings is 2. The standard InChI is InChI=1S/C27H36ClNO3/c1-8-22(25(31)29-20-13-11-12-18(16-20)24(28)30)32-23-15-14-19(26(4,5)9-2)17-21(23)27(6,7)10-3/h11-17,22H,8-10H2,1-7H3,(H,29,31). The second kappa shape index (κ2) is 10.5. The fourth-order valence-electron chi connectivity index (χ4n) is 3.39. The van der Waals surface area contributed by atoms with E-state index < -0.39 is 11.3 Å². The number of hydrogen-bond acceptors (Lipinski definition) is 3. The van der Waals surface area contributed by atoms with Gasteiger partial charge in [-0.3, -0.25) is 9.59 Å². The molecule has 1 N–H and O–H groups in total. The predicted molar refractivity (Wildman–Crippen MR) is 133 cm³/mol. The van der Waals surface area contributed by atoms with Crippen molar-refractivity contribution in [1.82, 2.24) is 0 Å². The Morgan fingerprint density at radius 3 is 2.19 bits per heavy atom. The summed E-state index contributed by atoms with van der Waals surface area (Å²) in [7, 11) is 0. The molecular formula is C27H36ClNO3. The molecule has 0 spiro atoms. The first kappa shape index (κ1) is 25.9. The van der Waals surface area contributed by atoms with E-state index in [1.165, 1.54) is 5.56 Å². The van der Waals surface area contributed by atoms with E-state index >= 15 is 0 Å². The third-order valence-electron chi connectivity index (χ3n) is 6.55. The van der Waals surface area contributed by atoms with Crippen molar-refractivity contribution in [2.24, 2.45) is 0 Å². The molecule has 1 amide bonds. The quantitative estimate of drug-likeness (QED) is 0.382. The minimum absolute atomic E-state index is 0.0590. The zero-order valence-corrected chi connectivity index (χ0v) is 21.1. The Hall–Kier alpha value is -2.33. The number of nitrogens with one attached hydrogen (secondary N) is 1. The topological polar surface area (TPSA) is 55.4 Å². The first-order chi connectivity index (χ1) is 14.9. The Bertz CT molecular complexity index is 965. The highest BCUT2D eigenvalue weighted by Crippen LogP contribution is 2.39. The van der Waals surface area contributed by atoms with Crippen molar-refractivity contribution in [1.29, 1.82) is 0 Å². The van der Waals surface area contributed by atoms with Gasteiger partial charge in [0.05, 0.1) is 0 Å². The number of ether oxygens (including phenoxy) is 1. The zero-order chi connectivity index (χ0) is 24.1. The van der Waals surface area contributed by atoms with Crippen molar-refractivity contribution in [2.45, 2.75) is 84.7 Å². The molecular weight excluding hydrogens is 422 g/mol. The highest BCUT2D eigenvalue weighted by molar-refractivity contribution is 6.67. The van der Waals surface area contributed by atoms with Crippen LogP contribution in [0.25, 0.3) is 0 Å². The lowest BCUT2D eigenvalue weighted by molar-refractivity contribution is -0.122. The van der Waals surface area contributed by atoms with Crippen molar-refractivity contribution in [3.8, 4) is 5.75 Å². The fourth-order valence-corrected chi connectivity index (χ4v) is 3.51. The van der Waals surface area contributed by atoms with Crippen LogP contribution in [0.4, 0.5) is 5.69 Å². The van der Waals surface area contributed by atoms with E-state index in [-0.39, 0.29) is 16.7 Å². The minimum atomic E-state index is -0.665. The van der Waals surface area contributed by atoms with Gasteiger partial charge in [0.25, 0.3) is 11.1 Å². The molecule has 32 heavy (non-hydrogen) atoms. The Morgan fingerprint density at radius 1 is 0.969 bits per heavy atom. The molecule has 1 unspecified atom stereocenters. The van der Waals surface area contributed by atoms with Crippen molar-refractivity contribution in [3.63, 3.8) is 0 Å². The summed E-state index contributed by atoms with van der Waals surface area (Å²) in [4.78, 5) is 24.4. The molecule has 4 nitrogen and oxygen atoms in total. The van der Waals surface area contributed by atoms with Gasteiger partial charge in [0.1, 0.15) is 5.75 Å².